The Hall–Kier alpha value is -2.72. The predicted octanol–water partition coefficient (Wildman–Crippen LogP) is 4.92. The number of aromatic hydroxyl groups is 1. The molecule has 4 nitrogen and oxygen atoms in total. The number of fused-ring (bicyclic) bond motifs is 1. The molecule has 0 saturated carbocycles. The third-order valence-corrected chi connectivity index (χ3v) is 4.17. The number of phenols is 1. The van der Waals surface area contributed by atoms with E-state index in [1.807, 2.05) is 30.3 Å². The molecule has 128 valence electrons. The van der Waals surface area contributed by atoms with Crippen LogP contribution in [0.3, 0.4) is 0 Å². The molecule has 1 unspecified atom stereocenters. The molecule has 0 amide bonds. The number of phenolic OH excluding ortho intramolecular Hbond substituents is 1. The fourth-order valence-electron chi connectivity index (χ4n) is 2.77. The summed E-state index contributed by atoms with van der Waals surface area (Å²) in [7, 11) is 0. The van der Waals surface area contributed by atoms with Crippen LogP contribution in [0.15, 0.2) is 60.7 Å². The average Bonchev–Trinajstić information content (AvgIpc) is 2.62. The van der Waals surface area contributed by atoms with Gasteiger partial charge in [0.2, 0.25) is 0 Å². The van der Waals surface area contributed by atoms with Crippen LogP contribution in [0.5, 0.6) is 5.75 Å². The minimum atomic E-state index is -0.841. The molecule has 0 aromatic heterocycles. The second-order valence-electron chi connectivity index (χ2n) is 5.56. The molecule has 5 heteroatoms. The lowest BCUT2D eigenvalue weighted by atomic mass is 9.97. The Morgan fingerprint density at radius 3 is 2.56 bits per heavy atom. The van der Waals surface area contributed by atoms with Crippen LogP contribution in [0, 0.1) is 0 Å². The van der Waals surface area contributed by atoms with E-state index in [1.165, 1.54) is 0 Å². The first kappa shape index (κ1) is 17.1. The minimum Gasteiger partial charge on any atom is -0.508 e. The zero-order chi connectivity index (χ0) is 17.8. The maximum atomic E-state index is 12.6. The third-order valence-electron chi connectivity index (χ3n) is 3.91. The molecule has 3 aromatic carbocycles. The topological polar surface area (TPSA) is 58.6 Å². The zero-order valence-corrected chi connectivity index (χ0v) is 14.5. The van der Waals surface area contributed by atoms with Crippen molar-refractivity contribution in [3.05, 3.63) is 71.2 Å². The van der Waals surface area contributed by atoms with E-state index in [1.54, 1.807) is 37.3 Å². The Labute approximate surface area is 151 Å². The van der Waals surface area contributed by atoms with Gasteiger partial charge >= 0.3 is 5.97 Å². The number of esters is 1. The van der Waals surface area contributed by atoms with Crippen molar-refractivity contribution >= 4 is 34.0 Å². The molecular weight excluding hydrogens is 338 g/mol. The first-order chi connectivity index (χ1) is 12.1. The fraction of sp³-hybridized carbons (Fsp3) is 0.150. The van der Waals surface area contributed by atoms with Crippen molar-refractivity contribution in [1.29, 1.82) is 0 Å². The van der Waals surface area contributed by atoms with Crippen molar-refractivity contribution in [3.8, 4) is 5.75 Å². The number of carbonyl (C=O) groups excluding carboxylic acids is 1. The van der Waals surface area contributed by atoms with Crippen LogP contribution < -0.4 is 5.32 Å². The average molecular weight is 356 g/mol. The number of halogens is 1. The van der Waals surface area contributed by atoms with Crippen LogP contribution in [0.25, 0.3) is 10.8 Å². The summed E-state index contributed by atoms with van der Waals surface area (Å²) in [4.78, 5) is 12.6. The van der Waals surface area contributed by atoms with Gasteiger partial charge in [-0.25, -0.2) is 4.79 Å². The molecule has 0 bridgehead atoms. The lowest BCUT2D eigenvalue weighted by Crippen LogP contribution is -2.23. The predicted molar refractivity (Wildman–Crippen MR) is 100 cm³/mol. The van der Waals surface area contributed by atoms with Crippen LogP contribution in [-0.2, 0) is 9.53 Å². The van der Waals surface area contributed by atoms with Crippen LogP contribution in [0.4, 0.5) is 5.69 Å². The number of hydrogen-bond acceptors (Lipinski definition) is 4. The van der Waals surface area contributed by atoms with Gasteiger partial charge in [0.1, 0.15) is 5.75 Å². The van der Waals surface area contributed by atoms with Crippen LogP contribution in [0.2, 0.25) is 5.02 Å². The summed E-state index contributed by atoms with van der Waals surface area (Å²) in [5, 5.41) is 15.9. The van der Waals surface area contributed by atoms with E-state index < -0.39 is 12.0 Å². The van der Waals surface area contributed by atoms with Crippen LogP contribution >= 0.6 is 11.6 Å². The van der Waals surface area contributed by atoms with E-state index >= 15 is 0 Å². The second kappa shape index (κ2) is 7.45. The van der Waals surface area contributed by atoms with Gasteiger partial charge in [-0.1, -0.05) is 41.9 Å². The molecule has 0 aliphatic heterocycles. The molecule has 0 aliphatic carbocycles. The Morgan fingerprint density at radius 1 is 1.12 bits per heavy atom. The number of nitrogens with one attached hydrogen (secondary N) is 1. The highest BCUT2D eigenvalue weighted by atomic mass is 35.5. The normalized spacial score (nSPS) is 11.9. The van der Waals surface area contributed by atoms with E-state index in [0.717, 1.165) is 10.8 Å². The molecule has 25 heavy (non-hydrogen) atoms. The maximum Gasteiger partial charge on any atom is 0.333 e. The Bertz CT molecular complexity index is 893. The maximum absolute atomic E-state index is 12.6. The van der Waals surface area contributed by atoms with Gasteiger partial charge in [-0.15, -0.1) is 0 Å². The van der Waals surface area contributed by atoms with Gasteiger partial charge < -0.3 is 15.2 Å². The Kier molecular flexibility index (Phi) is 5.10. The van der Waals surface area contributed by atoms with Crippen molar-refractivity contribution in [1.82, 2.24) is 0 Å². The summed E-state index contributed by atoms with van der Waals surface area (Å²) in [6, 6.07) is 17.2. The largest absolute Gasteiger partial charge is 0.508 e. The summed E-state index contributed by atoms with van der Waals surface area (Å²) >= 11 is 5.92. The molecule has 2 N–H and O–H groups in total. The Balaban J connectivity index is 2.10. The number of anilines is 1. The quantitative estimate of drug-likeness (QED) is 0.638. The van der Waals surface area contributed by atoms with E-state index in [-0.39, 0.29) is 12.4 Å². The molecule has 1 atom stereocenters. The highest BCUT2D eigenvalue weighted by Gasteiger charge is 2.27. The molecule has 0 radical (unpaired) electrons. The third kappa shape index (κ3) is 3.69. The van der Waals surface area contributed by atoms with E-state index in [0.29, 0.717) is 16.3 Å². The number of benzene rings is 3. The molecule has 0 heterocycles. The number of ether oxygens (including phenoxy) is 1. The van der Waals surface area contributed by atoms with Crippen molar-refractivity contribution < 1.29 is 14.6 Å². The minimum absolute atomic E-state index is 0.0400. The monoisotopic (exact) mass is 355 g/mol. The SMILES string of the molecule is CCOC(=O)C(Nc1ccc(Cl)cc1)c1c(O)ccc2ccccc12. The van der Waals surface area contributed by atoms with Gasteiger partial charge in [0.05, 0.1) is 6.61 Å². The molecule has 0 saturated heterocycles. The van der Waals surface area contributed by atoms with Gasteiger partial charge in [0, 0.05) is 16.3 Å². The van der Waals surface area contributed by atoms with E-state index in [9.17, 15) is 9.90 Å². The fourth-order valence-corrected chi connectivity index (χ4v) is 2.90. The second-order valence-corrected chi connectivity index (χ2v) is 5.99. The van der Waals surface area contributed by atoms with E-state index in [4.69, 9.17) is 16.3 Å². The summed E-state index contributed by atoms with van der Waals surface area (Å²) < 4.78 is 5.22. The highest BCUT2D eigenvalue weighted by molar-refractivity contribution is 6.30. The molecule has 0 aliphatic rings. The van der Waals surface area contributed by atoms with Gasteiger partial charge in [0.15, 0.2) is 6.04 Å². The standard InChI is InChI=1S/C20H18ClNO3/c1-2-25-20(24)19(22-15-10-8-14(21)9-11-15)18-16-6-4-3-5-13(16)7-12-17(18)23/h3-12,19,22-23H,2H2,1H3. The molecule has 3 aromatic rings. The van der Waals surface area contributed by atoms with Crippen molar-refractivity contribution in [3.63, 3.8) is 0 Å². The summed E-state index contributed by atoms with van der Waals surface area (Å²) in [6.07, 6.45) is 0. The highest BCUT2D eigenvalue weighted by Crippen LogP contribution is 2.35. The smallest absolute Gasteiger partial charge is 0.333 e. The summed E-state index contributed by atoms with van der Waals surface area (Å²) in [5.41, 5.74) is 1.20. The van der Waals surface area contributed by atoms with Crippen LogP contribution in [-0.4, -0.2) is 17.7 Å². The summed E-state index contributed by atoms with van der Waals surface area (Å²) in [6.45, 7) is 2.00. The van der Waals surface area contributed by atoms with Crippen molar-refractivity contribution in [2.75, 3.05) is 11.9 Å². The molecular formula is C20H18ClNO3. The molecule has 0 spiro atoms. The lowest BCUT2D eigenvalue weighted by Gasteiger charge is -2.21. The van der Waals surface area contributed by atoms with Gasteiger partial charge in [-0.2, -0.15) is 0 Å². The number of hydrogen-bond donors (Lipinski definition) is 2. The Morgan fingerprint density at radius 2 is 1.84 bits per heavy atom. The van der Waals surface area contributed by atoms with Gasteiger partial charge in [-0.3, -0.25) is 0 Å². The zero-order valence-electron chi connectivity index (χ0n) is 13.7. The molecule has 0 fully saturated rings. The van der Waals surface area contributed by atoms with Gasteiger partial charge in [-0.05, 0) is 48.0 Å². The number of carbonyl (C=O) groups is 1. The first-order valence-corrected chi connectivity index (χ1v) is 8.37. The van der Waals surface area contributed by atoms with Gasteiger partial charge in [0.25, 0.3) is 0 Å². The van der Waals surface area contributed by atoms with Crippen molar-refractivity contribution in [2.45, 2.75) is 13.0 Å². The van der Waals surface area contributed by atoms with Crippen LogP contribution in [0.1, 0.15) is 18.5 Å². The first-order valence-electron chi connectivity index (χ1n) is 7.99. The van der Waals surface area contributed by atoms with Crippen molar-refractivity contribution in [2.24, 2.45) is 0 Å². The number of rotatable bonds is 5. The lowest BCUT2D eigenvalue weighted by molar-refractivity contribution is -0.144. The summed E-state index contributed by atoms with van der Waals surface area (Å²) in [5.74, 6) is -0.415. The molecule has 3 rings (SSSR count). The van der Waals surface area contributed by atoms with E-state index in [2.05, 4.69) is 5.32 Å².